The molecule has 0 spiro atoms. The Morgan fingerprint density at radius 2 is 1.92 bits per heavy atom. The summed E-state index contributed by atoms with van der Waals surface area (Å²) in [6, 6.07) is 11.2. The first kappa shape index (κ1) is 17.4. The van der Waals surface area contributed by atoms with Gasteiger partial charge in [-0.05, 0) is 35.3 Å². The van der Waals surface area contributed by atoms with Crippen LogP contribution in [-0.4, -0.2) is 0 Å². The summed E-state index contributed by atoms with van der Waals surface area (Å²) in [4.78, 5) is 1.36. The van der Waals surface area contributed by atoms with Crippen LogP contribution >= 0.6 is 11.3 Å². The van der Waals surface area contributed by atoms with Crippen LogP contribution in [0, 0.1) is 6.92 Å². The zero-order chi connectivity index (χ0) is 17.8. The second-order valence-corrected chi connectivity index (χ2v) is 7.42. The number of fused-ring (bicyclic) bond motifs is 3. The van der Waals surface area contributed by atoms with Crippen molar-refractivity contribution >= 4 is 38.3 Å². The van der Waals surface area contributed by atoms with E-state index in [2.05, 4.69) is 81.6 Å². The first-order chi connectivity index (χ1) is 12.1. The Hall–Kier alpha value is -2.38. The van der Waals surface area contributed by atoms with Crippen molar-refractivity contribution in [3.8, 4) is 0 Å². The highest BCUT2D eigenvalue weighted by Crippen LogP contribution is 2.38. The maximum Gasteiger partial charge on any atom is 0.0430 e. The number of rotatable bonds is 6. The Bertz CT molecular complexity index is 996. The lowest BCUT2D eigenvalue weighted by atomic mass is 10.0. The summed E-state index contributed by atoms with van der Waals surface area (Å²) in [6.45, 7) is 12.3. The van der Waals surface area contributed by atoms with Crippen LogP contribution in [0.3, 0.4) is 0 Å². The largest absolute Gasteiger partial charge is 0.139 e. The van der Waals surface area contributed by atoms with Gasteiger partial charge < -0.3 is 0 Å². The molecule has 1 heteroatoms. The molecule has 1 heterocycles. The van der Waals surface area contributed by atoms with Gasteiger partial charge in [-0.1, -0.05) is 79.8 Å². The Kier molecular flexibility index (Phi) is 5.35. The summed E-state index contributed by atoms with van der Waals surface area (Å²) in [5.41, 5.74) is 3.63. The molecule has 0 aliphatic carbocycles. The quantitative estimate of drug-likeness (QED) is 0.318. The van der Waals surface area contributed by atoms with Crippen LogP contribution in [-0.2, 0) is 6.42 Å². The van der Waals surface area contributed by atoms with Gasteiger partial charge in [-0.15, -0.1) is 17.9 Å². The van der Waals surface area contributed by atoms with E-state index in [0.717, 1.165) is 18.4 Å². The Labute approximate surface area is 154 Å². The van der Waals surface area contributed by atoms with E-state index >= 15 is 0 Å². The molecule has 0 bridgehead atoms. The van der Waals surface area contributed by atoms with Gasteiger partial charge in [0, 0.05) is 21.4 Å². The van der Waals surface area contributed by atoms with Gasteiger partial charge in [0.25, 0.3) is 0 Å². The van der Waals surface area contributed by atoms with Gasteiger partial charge in [0.05, 0.1) is 0 Å². The second kappa shape index (κ2) is 7.67. The summed E-state index contributed by atoms with van der Waals surface area (Å²) >= 11 is 1.88. The summed E-state index contributed by atoms with van der Waals surface area (Å²) in [7, 11) is 0. The van der Waals surface area contributed by atoms with Gasteiger partial charge in [0.2, 0.25) is 0 Å². The van der Waals surface area contributed by atoms with E-state index in [4.69, 9.17) is 0 Å². The minimum atomic E-state index is 0.893. The van der Waals surface area contributed by atoms with Crippen molar-refractivity contribution in [2.45, 2.75) is 26.7 Å². The summed E-state index contributed by atoms with van der Waals surface area (Å²) in [5, 5.41) is 3.97. The molecule has 2 aromatic carbocycles. The molecule has 0 atom stereocenters. The predicted molar refractivity (Wildman–Crippen MR) is 116 cm³/mol. The fourth-order valence-electron chi connectivity index (χ4n) is 3.05. The van der Waals surface area contributed by atoms with E-state index in [1.54, 1.807) is 0 Å². The van der Waals surface area contributed by atoms with Crippen LogP contribution in [0.2, 0.25) is 0 Å². The maximum atomic E-state index is 4.12. The predicted octanol–water partition coefficient (Wildman–Crippen LogP) is 7.63. The van der Waals surface area contributed by atoms with Gasteiger partial charge >= 0.3 is 0 Å². The molecule has 0 amide bonds. The van der Waals surface area contributed by atoms with Crippen LogP contribution in [0.5, 0.6) is 0 Å². The fourth-order valence-corrected chi connectivity index (χ4v) is 4.37. The van der Waals surface area contributed by atoms with Gasteiger partial charge in [-0.2, -0.15) is 0 Å². The van der Waals surface area contributed by atoms with Gasteiger partial charge in [0.1, 0.15) is 0 Å². The van der Waals surface area contributed by atoms with E-state index in [9.17, 15) is 0 Å². The zero-order valence-electron chi connectivity index (χ0n) is 15.0. The first-order valence-electron chi connectivity index (χ1n) is 8.73. The second-order valence-electron chi connectivity index (χ2n) is 6.32. The molecule has 1 aromatic heterocycles. The lowest BCUT2D eigenvalue weighted by Gasteiger charge is -2.02. The van der Waals surface area contributed by atoms with Gasteiger partial charge in [-0.25, -0.2) is 0 Å². The van der Waals surface area contributed by atoms with Gasteiger partial charge in [-0.3, -0.25) is 0 Å². The first-order valence-corrected chi connectivity index (χ1v) is 9.55. The topological polar surface area (TPSA) is 0 Å². The molecule has 0 saturated carbocycles. The van der Waals surface area contributed by atoms with E-state index < -0.39 is 0 Å². The number of hydrogen-bond donors (Lipinski definition) is 0. The average Bonchev–Trinajstić information content (AvgIpc) is 2.95. The molecule has 0 saturated heterocycles. The van der Waals surface area contributed by atoms with Crippen molar-refractivity contribution in [1.82, 2.24) is 0 Å². The fraction of sp³-hybridized carbons (Fsp3) is 0.167. The molecule has 0 fully saturated rings. The highest BCUT2D eigenvalue weighted by molar-refractivity contribution is 7.20. The number of thiophene rings is 1. The molecule has 126 valence electrons. The molecule has 0 N–H and O–H groups in total. The zero-order valence-corrected chi connectivity index (χ0v) is 15.8. The number of benzene rings is 2. The van der Waals surface area contributed by atoms with Crippen LogP contribution in [0.4, 0.5) is 0 Å². The van der Waals surface area contributed by atoms with E-state index in [1.807, 2.05) is 17.4 Å². The monoisotopic (exact) mass is 344 g/mol. The average molecular weight is 345 g/mol. The highest BCUT2D eigenvalue weighted by Gasteiger charge is 2.11. The summed E-state index contributed by atoms with van der Waals surface area (Å²) in [5.74, 6) is 0. The molecule has 25 heavy (non-hydrogen) atoms. The van der Waals surface area contributed by atoms with E-state index in [0.29, 0.717) is 0 Å². The van der Waals surface area contributed by atoms with E-state index in [-0.39, 0.29) is 0 Å². The number of allylic oxidation sites excluding steroid dienone is 5. The third-order valence-corrected chi connectivity index (χ3v) is 5.58. The maximum absolute atomic E-state index is 4.12. The van der Waals surface area contributed by atoms with Crippen LogP contribution in [0.1, 0.15) is 29.3 Å². The normalized spacial score (nSPS) is 11.9. The van der Waals surface area contributed by atoms with Crippen LogP contribution < -0.4 is 0 Å². The third kappa shape index (κ3) is 3.67. The molecule has 0 nitrogen and oxygen atoms in total. The number of hydrogen-bond acceptors (Lipinski definition) is 1. The van der Waals surface area contributed by atoms with Crippen molar-refractivity contribution in [1.29, 1.82) is 0 Å². The summed E-state index contributed by atoms with van der Waals surface area (Å²) in [6.07, 6.45) is 12.4. The minimum Gasteiger partial charge on any atom is -0.139 e. The van der Waals surface area contributed by atoms with Crippen molar-refractivity contribution in [3.05, 3.63) is 89.4 Å². The number of aryl methyl sites for hydroxylation is 1. The minimum absolute atomic E-state index is 0.893. The van der Waals surface area contributed by atoms with E-state index in [1.165, 1.54) is 36.9 Å². The SMILES string of the molecule is C=CCc1sc2c(ccc3cc(C)ccc32)c1/C=C\C(=C)/C=C\CC. The molecule has 0 aliphatic heterocycles. The third-order valence-electron chi connectivity index (χ3n) is 4.30. The molecule has 3 rings (SSSR count). The lowest BCUT2D eigenvalue weighted by molar-refractivity contribution is 1.22. The molecule has 0 unspecified atom stereocenters. The Morgan fingerprint density at radius 1 is 1.12 bits per heavy atom. The van der Waals surface area contributed by atoms with Crippen LogP contribution in [0.25, 0.3) is 26.9 Å². The Morgan fingerprint density at radius 3 is 2.68 bits per heavy atom. The molecule has 3 aromatic rings. The van der Waals surface area contributed by atoms with Crippen molar-refractivity contribution in [3.63, 3.8) is 0 Å². The van der Waals surface area contributed by atoms with Crippen molar-refractivity contribution < 1.29 is 0 Å². The van der Waals surface area contributed by atoms with Crippen molar-refractivity contribution in [2.75, 3.05) is 0 Å². The molecular weight excluding hydrogens is 320 g/mol. The molecule has 0 radical (unpaired) electrons. The van der Waals surface area contributed by atoms with Crippen LogP contribution in [0.15, 0.2) is 73.4 Å². The smallest absolute Gasteiger partial charge is 0.0430 e. The standard InChI is InChI=1S/C24H24S/c1-5-7-9-17(3)10-14-21-22-15-12-19-16-18(4)11-13-20(19)24(22)25-23(21)8-6-2/h6-7,9-16H,2-3,5,8H2,1,4H3/b9-7-,14-10-. The van der Waals surface area contributed by atoms with Gasteiger partial charge in [0.15, 0.2) is 0 Å². The summed E-state index contributed by atoms with van der Waals surface area (Å²) < 4.78 is 1.36. The molecular formula is C24H24S. The lowest BCUT2D eigenvalue weighted by Crippen LogP contribution is -1.80. The Balaban J connectivity index is 2.15. The molecule has 0 aliphatic rings. The van der Waals surface area contributed by atoms with Crippen molar-refractivity contribution in [2.24, 2.45) is 0 Å². The highest BCUT2D eigenvalue weighted by atomic mass is 32.1.